The minimum Gasteiger partial charge on any atom is -0.368 e. The fourth-order valence-corrected chi connectivity index (χ4v) is 1.85. The summed E-state index contributed by atoms with van der Waals surface area (Å²) in [6.45, 7) is 0. The van der Waals surface area contributed by atoms with Crippen LogP contribution in [-0.2, 0) is 4.79 Å². The molecule has 3 N–H and O–H groups in total. The van der Waals surface area contributed by atoms with E-state index in [0.29, 0.717) is 10.6 Å². The molecule has 0 aliphatic carbocycles. The van der Waals surface area contributed by atoms with Crippen LogP contribution in [0.3, 0.4) is 0 Å². The molecule has 0 bridgehead atoms. The molecule has 0 spiro atoms. The summed E-state index contributed by atoms with van der Waals surface area (Å²) in [6, 6.07) is 16.6. The maximum atomic E-state index is 11.7. The first kappa shape index (κ1) is 16.5. The molecule has 0 aromatic heterocycles. The van der Waals surface area contributed by atoms with Crippen molar-refractivity contribution >= 4 is 35.8 Å². The molecule has 5 nitrogen and oxygen atoms in total. The topological polar surface area (TPSA) is 79.8 Å². The zero-order chi connectivity index (χ0) is 16.5. The standard InChI is InChI=1S/C17H15ClN4O/c18-15-9-5-4-8-14(15)12-20-22-17(19)21-16(23)11-10-13-6-2-1-3-7-13/h1-12H,(H3,19,21,22,23)/b11-10+,20-12+. The average molecular weight is 327 g/mol. The Bertz CT molecular complexity index is 754. The minimum absolute atomic E-state index is 0.101. The molecule has 0 fully saturated rings. The van der Waals surface area contributed by atoms with Gasteiger partial charge in [0.15, 0.2) is 0 Å². The summed E-state index contributed by atoms with van der Waals surface area (Å²) in [4.78, 5) is 11.7. The van der Waals surface area contributed by atoms with Gasteiger partial charge in [-0.2, -0.15) is 5.10 Å². The maximum absolute atomic E-state index is 11.7. The third-order valence-electron chi connectivity index (χ3n) is 2.75. The van der Waals surface area contributed by atoms with Gasteiger partial charge in [-0.25, -0.2) is 0 Å². The van der Waals surface area contributed by atoms with Crippen LogP contribution in [0.1, 0.15) is 11.1 Å². The number of nitrogens with two attached hydrogens (primary N) is 1. The van der Waals surface area contributed by atoms with Gasteiger partial charge >= 0.3 is 0 Å². The Hall–Kier alpha value is -2.92. The minimum atomic E-state index is -0.386. The summed E-state index contributed by atoms with van der Waals surface area (Å²) in [6.07, 6.45) is 4.51. The second-order valence-electron chi connectivity index (χ2n) is 4.48. The van der Waals surface area contributed by atoms with Crippen molar-refractivity contribution in [1.82, 2.24) is 5.32 Å². The van der Waals surface area contributed by atoms with Crippen molar-refractivity contribution in [3.8, 4) is 0 Å². The number of halogens is 1. The normalized spacial score (nSPS) is 12.0. The molecule has 0 aliphatic heterocycles. The average Bonchev–Trinajstić information content (AvgIpc) is 2.56. The quantitative estimate of drug-likeness (QED) is 0.392. The molecular weight excluding hydrogens is 312 g/mol. The summed E-state index contributed by atoms with van der Waals surface area (Å²) >= 11 is 5.97. The molecule has 0 radical (unpaired) electrons. The highest BCUT2D eigenvalue weighted by Gasteiger charge is 1.98. The highest BCUT2D eigenvalue weighted by atomic mass is 35.5. The van der Waals surface area contributed by atoms with Crippen molar-refractivity contribution in [2.45, 2.75) is 0 Å². The molecule has 0 saturated carbocycles. The van der Waals surface area contributed by atoms with Crippen molar-refractivity contribution in [2.75, 3.05) is 0 Å². The first-order valence-electron chi connectivity index (χ1n) is 6.80. The third kappa shape index (κ3) is 5.76. The van der Waals surface area contributed by atoms with Gasteiger partial charge in [0.1, 0.15) is 0 Å². The van der Waals surface area contributed by atoms with Gasteiger partial charge in [-0.05, 0) is 17.7 Å². The van der Waals surface area contributed by atoms with Gasteiger partial charge in [0, 0.05) is 16.7 Å². The molecule has 0 atom stereocenters. The molecule has 0 unspecified atom stereocenters. The second kappa shape index (κ2) is 8.51. The van der Waals surface area contributed by atoms with Gasteiger partial charge in [0.2, 0.25) is 5.96 Å². The molecule has 2 aromatic rings. The van der Waals surface area contributed by atoms with Crippen LogP contribution in [0.25, 0.3) is 6.08 Å². The van der Waals surface area contributed by atoms with Crippen LogP contribution >= 0.6 is 11.6 Å². The lowest BCUT2D eigenvalue weighted by molar-refractivity contribution is -0.115. The van der Waals surface area contributed by atoms with Gasteiger partial charge in [0.25, 0.3) is 5.91 Å². The van der Waals surface area contributed by atoms with E-state index in [-0.39, 0.29) is 11.9 Å². The summed E-state index contributed by atoms with van der Waals surface area (Å²) in [5.74, 6) is -0.487. The number of carbonyl (C=O) groups is 1. The first-order chi connectivity index (χ1) is 11.1. The molecule has 23 heavy (non-hydrogen) atoms. The fourth-order valence-electron chi connectivity index (χ4n) is 1.66. The second-order valence-corrected chi connectivity index (χ2v) is 4.89. The summed E-state index contributed by atoms with van der Waals surface area (Å²) < 4.78 is 0. The molecule has 116 valence electrons. The molecule has 0 heterocycles. The monoisotopic (exact) mass is 326 g/mol. The molecule has 6 heteroatoms. The number of nitrogens with one attached hydrogen (secondary N) is 1. The number of benzene rings is 2. The van der Waals surface area contributed by atoms with Gasteiger partial charge in [-0.3, -0.25) is 10.1 Å². The highest BCUT2D eigenvalue weighted by molar-refractivity contribution is 6.33. The zero-order valence-electron chi connectivity index (χ0n) is 12.2. The predicted octanol–water partition coefficient (Wildman–Crippen LogP) is 2.82. The van der Waals surface area contributed by atoms with Gasteiger partial charge in [-0.1, -0.05) is 60.1 Å². The van der Waals surface area contributed by atoms with E-state index in [4.69, 9.17) is 17.3 Å². The molecule has 1 amide bonds. The van der Waals surface area contributed by atoms with Crippen LogP contribution < -0.4 is 11.1 Å². The lowest BCUT2D eigenvalue weighted by Gasteiger charge is -1.98. The SMILES string of the molecule is NC(=N/N=C/c1ccccc1Cl)NC(=O)/C=C/c1ccccc1. The lowest BCUT2D eigenvalue weighted by atomic mass is 10.2. The largest absolute Gasteiger partial charge is 0.368 e. The van der Waals surface area contributed by atoms with E-state index >= 15 is 0 Å². The van der Waals surface area contributed by atoms with Crippen LogP contribution in [-0.4, -0.2) is 18.1 Å². The van der Waals surface area contributed by atoms with Crippen molar-refractivity contribution in [3.63, 3.8) is 0 Å². The Morgan fingerprint density at radius 3 is 2.52 bits per heavy atom. The molecule has 2 rings (SSSR count). The molecule has 0 saturated heterocycles. The van der Waals surface area contributed by atoms with Crippen molar-refractivity contribution in [3.05, 3.63) is 76.8 Å². The van der Waals surface area contributed by atoms with E-state index in [2.05, 4.69) is 15.5 Å². The Labute approximate surface area is 139 Å². The summed E-state index contributed by atoms with van der Waals surface area (Å²) in [7, 11) is 0. The van der Waals surface area contributed by atoms with Crippen molar-refractivity contribution in [1.29, 1.82) is 0 Å². The van der Waals surface area contributed by atoms with Crippen molar-refractivity contribution < 1.29 is 4.79 Å². The fraction of sp³-hybridized carbons (Fsp3) is 0. The Morgan fingerprint density at radius 1 is 1.09 bits per heavy atom. The van der Waals surface area contributed by atoms with E-state index in [0.717, 1.165) is 5.56 Å². The number of guanidine groups is 1. The highest BCUT2D eigenvalue weighted by Crippen LogP contribution is 2.12. The number of hydrogen-bond donors (Lipinski definition) is 2. The number of nitrogens with zero attached hydrogens (tertiary/aromatic N) is 2. The van der Waals surface area contributed by atoms with E-state index in [1.54, 1.807) is 18.2 Å². The number of hydrogen-bond acceptors (Lipinski definition) is 3. The molecule has 0 aliphatic rings. The van der Waals surface area contributed by atoms with E-state index < -0.39 is 0 Å². The van der Waals surface area contributed by atoms with E-state index in [1.165, 1.54) is 12.3 Å². The van der Waals surface area contributed by atoms with Crippen LogP contribution in [0, 0.1) is 0 Å². The van der Waals surface area contributed by atoms with Crippen LogP contribution in [0.5, 0.6) is 0 Å². The maximum Gasteiger partial charge on any atom is 0.250 e. The van der Waals surface area contributed by atoms with Crippen LogP contribution in [0.2, 0.25) is 5.02 Å². The van der Waals surface area contributed by atoms with Gasteiger partial charge in [-0.15, -0.1) is 5.10 Å². The number of rotatable bonds is 4. The zero-order valence-corrected chi connectivity index (χ0v) is 12.9. The molecule has 2 aromatic carbocycles. The summed E-state index contributed by atoms with van der Waals surface area (Å²) in [5.41, 5.74) is 7.20. The predicted molar refractivity (Wildman–Crippen MR) is 94.3 cm³/mol. The van der Waals surface area contributed by atoms with E-state index in [1.807, 2.05) is 42.5 Å². The summed E-state index contributed by atoms with van der Waals surface area (Å²) in [5, 5.41) is 10.4. The third-order valence-corrected chi connectivity index (χ3v) is 3.09. The van der Waals surface area contributed by atoms with E-state index in [9.17, 15) is 4.79 Å². The van der Waals surface area contributed by atoms with Crippen molar-refractivity contribution in [2.24, 2.45) is 15.9 Å². The molecular formula is C17H15ClN4O. The van der Waals surface area contributed by atoms with Gasteiger partial charge in [0.05, 0.1) is 6.21 Å². The number of amides is 1. The Balaban J connectivity index is 1.90. The smallest absolute Gasteiger partial charge is 0.250 e. The first-order valence-corrected chi connectivity index (χ1v) is 7.18. The number of carbonyl (C=O) groups excluding carboxylic acids is 1. The Kier molecular flexibility index (Phi) is 6.08. The van der Waals surface area contributed by atoms with Gasteiger partial charge < -0.3 is 5.73 Å². The van der Waals surface area contributed by atoms with Crippen LogP contribution in [0.15, 0.2) is 70.9 Å². The lowest BCUT2D eigenvalue weighted by Crippen LogP contribution is -2.35. The van der Waals surface area contributed by atoms with Crippen LogP contribution in [0.4, 0.5) is 0 Å². The Morgan fingerprint density at radius 2 is 1.78 bits per heavy atom.